The van der Waals surface area contributed by atoms with E-state index in [-0.39, 0.29) is 23.3 Å². The third kappa shape index (κ3) is 4.80. The summed E-state index contributed by atoms with van der Waals surface area (Å²) in [7, 11) is -1.31. The zero-order chi connectivity index (χ0) is 22.0. The van der Waals surface area contributed by atoms with Crippen molar-refractivity contribution in [3.63, 3.8) is 0 Å². The van der Waals surface area contributed by atoms with Crippen LogP contribution in [0.1, 0.15) is 27.2 Å². The van der Waals surface area contributed by atoms with Crippen LogP contribution in [0.3, 0.4) is 0 Å². The van der Waals surface area contributed by atoms with Gasteiger partial charge < -0.3 is 15.4 Å². The Hall–Kier alpha value is -2.72. The number of fused-ring (bicyclic) bond motifs is 1. The quantitative estimate of drug-likeness (QED) is 0.558. The molecule has 10 heteroatoms. The number of carbonyl (C=O) groups excluding carboxylic acids is 1. The predicted octanol–water partition coefficient (Wildman–Crippen LogP) is 2.78. The molecule has 3 heterocycles. The van der Waals surface area contributed by atoms with E-state index >= 15 is 0 Å². The van der Waals surface area contributed by atoms with Crippen LogP contribution in [0.15, 0.2) is 30.6 Å². The van der Waals surface area contributed by atoms with Crippen molar-refractivity contribution in [2.45, 2.75) is 19.9 Å². The molecule has 0 aliphatic carbocycles. The first-order valence-electron chi connectivity index (χ1n) is 9.96. The van der Waals surface area contributed by atoms with Gasteiger partial charge in [0.1, 0.15) is 22.7 Å². The van der Waals surface area contributed by atoms with Gasteiger partial charge in [-0.3, -0.25) is 4.79 Å². The van der Waals surface area contributed by atoms with Gasteiger partial charge in [-0.15, -0.1) is 11.3 Å². The summed E-state index contributed by atoms with van der Waals surface area (Å²) in [6.07, 6.45) is 2.12. The van der Waals surface area contributed by atoms with Gasteiger partial charge in [0.2, 0.25) is 0 Å². The van der Waals surface area contributed by atoms with Crippen LogP contribution >= 0.6 is 11.3 Å². The van der Waals surface area contributed by atoms with Gasteiger partial charge in [0, 0.05) is 13.1 Å². The van der Waals surface area contributed by atoms with Crippen LogP contribution in [-0.4, -0.2) is 49.5 Å². The number of methoxy groups -OCH3 is 1. The van der Waals surface area contributed by atoms with E-state index in [0.717, 1.165) is 27.1 Å². The predicted molar refractivity (Wildman–Crippen MR) is 122 cm³/mol. The van der Waals surface area contributed by atoms with E-state index in [1.807, 2.05) is 31.2 Å². The molecule has 1 aromatic carbocycles. The van der Waals surface area contributed by atoms with Crippen LogP contribution in [0.2, 0.25) is 0 Å². The number of anilines is 1. The van der Waals surface area contributed by atoms with E-state index in [1.165, 1.54) is 17.7 Å². The van der Waals surface area contributed by atoms with Crippen molar-refractivity contribution in [3.05, 3.63) is 46.6 Å². The number of nitrogens with zero attached hydrogens (tertiary/aromatic N) is 2. The van der Waals surface area contributed by atoms with Crippen LogP contribution in [0.4, 0.5) is 5.82 Å². The number of hydrogen-bond acceptors (Lipinski definition) is 8. The van der Waals surface area contributed by atoms with Gasteiger partial charge in [0.05, 0.1) is 28.9 Å². The Morgan fingerprint density at radius 2 is 2.03 bits per heavy atom. The van der Waals surface area contributed by atoms with Crippen LogP contribution in [0.25, 0.3) is 10.2 Å². The molecule has 1 aliphatic rings. The van der Waals surface area contributed by atoms with Crippen molar-refractivity contribution in [2.24, 2.45) is 5.92 Å². The molecule has 1 amide bonds. The summed E-state index contributed by atoms with van der Waals surface area (Å²) in [5.41, 5.74) is 1.79. The normalized spacial score (nSPS) is 17.5. The molecule has 0 bridgehead atoms. The highest BCUT2D eigenvalue weighted by atomic mass is 32.2. The van der Waals surface area contributed by atoms with Gasteiger partial charge >= 0.3 is 0 Å². The van der Waals surface area contributed by atoms with Crippen LogP contribution < -0.4 is 15.4 Å². The fourth-order valence-electron chi connectivity index (χ4n) is 3.70. The number of nitrogens with one attached hydrogen (secondary N) is 2. The van der Waals surface area contributed by atoms with Gasteiger partial charge in [-0.05, 0) is 42.5 Å². The van der Waals surface area contributed by atoms with E-state index in [0.29, 0.717) is 30.2 Å². The number of ether oxygens (including phenoxy) is 1. The summed E-state index contributed by atoms with van der Waals surface area (Å²) in [6, 6.07) is 7.53. The second kappa shape index (κ2) is 8.80. The number of amides is 1. The lowest BCUT2D eigenvalue weighted by atomic mass is 10.1. The molecule has 1 fully saturated rings. The van der Waals surface area contributed by atoms with E-state index in [4.69, 9.17) is 4.74 Å². The number of thiophene rings is 1. The van der Waals surface area contributed by atoms with Crippen molar-refractivity contribution in [2.75, 3.05) is 30.5 Å². The Labute approximate surface area is 185 Å². The summed E-state index contributed by atoms with van der Waals surface area (Å²) in [5.74, 6) is 1.76. The van der Waals surface area contributed by atoms with Crippen LogP contribution in [0, 0.1) is 12.8 Å². The summed E-state index contributed by atoms with van der Waals surface area (Å²) in [4.78, 5) is 22.8. The lowest BCUT2D eigenvalue weighted by Crippen LogP contribution is -2.22. The zero-order valence-electron chi connectivity index (χ0n) is 17.3. The fraction of sp³-hybridized carbons (Fsp3) is 0.381. The van der Waals surface area contributed by atoms with Crippen molar-refractivity contribution in [1.29, 1.82) is 0 Å². The molecule has 1 atom stereocenters. The van der Waals surface area contributed by atoms with Crippen molar-refractivity contribution < 1.29 is 17.9 Å². The smallest absolute Gasteiger partial charge is 0.261 e. The van der Waals surface area contributed by atoms with Gasteiger partial charge in [-0.2, -0.15) is 0 Å². The molecule has 2 aromatic heterocycles. The molecular weight excluding hydrogens is 436 g/mol. The molecule has 2 N–H and O–H groups in total. The maximum absolute atomic E-state index is 12.8. The summed E-state index contributed by atoms with van der Waals surface area (Å²) in [5, 5.41) is 7.04. The molecule has 3 aromatic rings. The monoisotopic (exact) mass is 460 g/mol. The molecular formula is C21H24N4O4S2. The minimum atomic E-state index is -2.92. The molecule has 164 valence electrons. The van der Waals surface area contributed by atoms with E-state index in [2.05, 4.69) is 20.6 Å². The van der Waals surface area contributed by atoms with E-state index < -0.39 is 9.84 Å². The zero-order valence-corrected chi connectivity index (χ0v) is 19.0. The first kappa shape index (κ1) is 21.5. The molecule has 1 unspecified atom stereocenters. The highest BCUT2D eigenvalue weighted by molar-refractivity contribution is 7.91. The average Bonchev–Trinajstić information content (AvgIpc) is 3.30. The Morgan fingerprint density at radius 3 is 2.71 bits per heavy atom. The molecule has 1 aliphatic heterocycles. The summed E-state index contributed by atoms with van der Waals surface area (Å²) in [6.45, 7) is 2.82. The number of rotatable bonds is 7. The van der Waals surface area contributed by atoms with Crippen molar-refractivity contribution in [1.82, 2.24) is 15.3 Å². The number of hydrogen-bond donors (Lipinski definition) is 2. The first-order valence-corrected chi connectivity index (χ1v) is 12.6. The summed E-state index contributed by atoms with van der Waals surface area (Å²) >= 11 is 1.33. The molecule has 1 saturated heterocycles. The molecule has 0 spiro atoms. The Balaban J connectivity index is 1.47. The molecule has 31 heavy (non-hydrogen) atoms. The number of aryl methyl sites for hydroxylation is 1. The lowest BCUT2D eigenvalue weighted by molar-refractivity contribution is 0.0954. The SMILES string of the molecule is COc1ccc(CNC(=O)c2sc3ncnc(NCC4CCS(=O)(=O)C4)c3c2C)cc1. The van der Waals surface area contributed by atoms with Gasteiger partial charge in [-0.25, -0.2) is 18.4 Å². The number of aromatic nitrogens is 2. The molecule has 4 rings (SSSR count). The third-order valence-electron chi connectivity index (χ3n) is 5.43. The third-order valence-corrected chi connectivity index (χ3v) is 8.47. The topological polar surface area (TPSA) is 110 Å². The Morgan fingerprint density at radius 1 is 1.26 bits per heavy atom. The van der Waals surface area contributed by atoms with Gasteiger partial charge in [-0.1, -0.05) is 12.1 Å². The fourth-order valence-corrected chi connectivity index (χ4v) is 6.63. The van der Waals surface area contributed by atoms with Crippen molar-refractivity contribution >= 4 is 43.1 Å². The molecule has 0 radical (unpaired) electrons. The highest BCUT2D eigenvalue weighted by Crippen LogP contribution is 2.33. The van der Waals surface area contributed by atoms with E-state index in [9.17, 15) is 13.2 Å². The number of benzene rings is 1. The Kier molecular flexibility index (Phi) is 6.10. The average molecular weight is 461 g/mol. The minimum Gasteiger partial charge on any atom is -0.497 e. The highest BCUT2D eigenvalue weighted by Gasteiger charge is 2.28. The maximum atomic E-state index is 12.8. The second-order valence-electron chi connectivity index (χ2n) is 7.64. The lowest BCUT2D eigenvalue weighted by Gasteiger charge is -2.11. The largest absolute Gasteiger partial charge is 0.497 e. The maximum Gasteiger partial charge on any atom is 0.261 e. The standard InChI is InChI=1S/C21H24N4O4S2/c1-13-17-19(22-10-15-7-8-31(27,28)11-15)24-12-25-21(17)30-18(13)20(26)23-9-14-3-5-16(29-2)6-4-14/h3-6,12,15H,7-11H2,1-2H3,(H,23,26)(H,22,24,25). The number of sulfone groups is 1. The van der Waals surface area contributed by atoms with Crippen LogP contribution in [0.5, 0.6) is 5.75 Å². The van der Waals surface area contributed by atoms with Gasteiger partial charge in [0.15, 0.2) is 9.84 Å². The number of carbonyl (C=O) groups is 1. The van der Waals surface area contributed by atoms with Crippen LogP contribution in [-0.2, 0) is 16.4 Å². The molecule has 0 saturated carbocycles. The van der Waals surface area contributed by atoms with E-state index in [1.54, 1.807) is 7.11 Å². The first-order chi connectivity index (χ1) is 14.9. The Bertz CT molecular complexity index is 1210. The molecule has 8 nitrogen and oxygen atoms in total. The van der Waals surface area contributed by atoms with Crippen molar-refractivity contribution in [3.8, 4) is 5.75 Å². The van der Waals surface area contributed by atoms with Gasteiger partial charge in [0.25, 0.3) is 5.91 Å². The minimum absolute atomic E-state index is 0.0706. The summed E-state index contributed by atoms with van der Waals surface area (Å²) < 4.78 is 28.5. The second-order valence-corrected chi connectivity index (χ2v) is 10.9.